The molecule has 0 saturated carbocycles. The van der Waals surface area contributed by atoms with Crippen molar-refractivity contribution in [3.63, 3.8) is 0 Å². The number of anilines is 1. The molecule has 0 aliphatic rings. The average molecular weight is 456 g/mol. The normalized spacial score (nSPS) is 11.0. The van der Waals surface area contributed by atoms with Crippen molar-refractivity contribution in [1.82, 2.24) is 5.32 Å². The fourth-order valence-corrected chi connectivity index (χ4v) is 2.92. The molecule has 0 spiro atoms. The van der Waals surface area contributed by atoms with Crippen molar-refractivity contribution in [1.29, 1.82) is 0 Å². The van der Waals surface area contributed by atoms with Gasteiger partial charge in [0.15, 0.2) is 0 Å². The smallest absolute Gasteiger partial charge is 0.272 e. The molecule has 0 heterocycles. The van der Waals surface area contributed by atoms with Crippen LogP contribution in [-0.4, -0.2) is 16.7 Å². The van der Waals surface area contributed by atoms with Crippen molar-refractivity contribution in [3.05, 3.63) is 110 Å². The van der Waals surface area contributed by atoms with Gasteiger partial charge in [-0.2, -0.15) is 0 Å². The number of benzene rings is 3. The fourth-order valence-electron chi connectivity index (χ4n) is 2.58. The zero-order chi connectivity index (χ0) is 22.4. The zero-order valence-electron chi connectivity index (χ0n) is 15.8. The Morgan fingerprint density at radius 1 is 0.935 bits per heavy atom. The van der Waals surface area contributed by atoms with E-state index in [0.717, 1.165) is 0 Å². The summed E-state index contributed by atoms with van der Waals surface area (Å²) in [6.45, 7) is 0. The van der Waals surface area contributed by atoms with Gasteiger partial charge >= 0.3 is 0 Å². The summed E-state index contributed by atoms with van der Waals surface area (Å²) in [4.78, 5) is 35.8. The summed E-state index contributed by atoms with van der Waals surface area (Å²) in [5.41, 5.74) is 0.913. The zero-order valence-corrected chi connectivity index (χ0v) is 17.4. The molecule has 0 atom stereocenters. The lowest BCUT2D eigenvalue weighted by atomic mass is 10.1. The number of nitro benzene ring substituents is 1. The van der Waals surface area contributed by atoms with Crippen LogP contribution in [0.2, 0.25) is 10.0 Å². The molecule has 0 radical (unpaired) electrons. The number of non-ortho nitro benzene ring substituents is 1. The highest BCUT2D eigenvalue weighted by Crippen LogP contribution is 2.26. The Kier molecular flexibility index (Phi) is 7.02. The molecular weight excluding hydrogens is 441 g/mol. The summed E-state index contributed by atoms with van der Waals surface area (Å²) in [7, 11) is 0. The molecule has 3 rings (SSSR count). The van der Waals surface area contributed by atoms with Gasteiger partial charge in [-0.25, -0.2) is 0 Å². The van der Waals surface area contributed by atoms with Crippen LogP contribution in [0.5, 0.6) is 0 Å². The van der Waals surface area contributed by atoms with Gasteiger partial charge < -0.3 is 10.6 Å². The molecule has 3 aromatic rings. The van der Waals surface area contributed by atoms with E-state index in [1.807, 2.05) is 0 Å². The van der Waals surface area contributed by atoms with E-state index in [0.29, 0.717) is 16.1 Å². The number of nitrogens with zero attached hydrogens (tertiary/aromatic N) is 1. The Bertz CT molecular complexity index is 1160. The van der Waals surface area contributed by atoms with Crippen LogP contribution in [0.4, 0.5) is 11.4 Å². The van der Waals surface area contributed by atoms with Crippen LogP contribution >= 0.6 is 23.2 Å². The first-order valence-electron chi connectivity index (χ1n) is 8.92. The molecule has 0 aromatic heterocycles. The molecule has 156 valence electrons. The maximum atomic E-state index is 12.9. The third-order valence-electron chi connectivity index (χ3n) is 4.12. The lowest BCUT2D eigenvalue weighted by Gasteiger charge is -2.12. The Morgan fingerprint density at radius 2 is 1.61 bits per heavy atom. The summed E-state index contributed by atoms with van der Waals surface area (Å²) < 4.78 is 0. The quantitative estimate of drug-likeness (QED) is 0.298. The molecule has 2 amide bonds. The molecule has 0 aliphatic heterocycles. The number of carbonyl (C=O) groups excluding carboxylic acids is 2. The molecule has 0 fully saturated rings. The van der Waals surface area contributed by atoms with E-state index >= 15 is 0 Å². The van der Waals surface area contributed by atoms with Crippen LogP contribution in [0.3, 0.4) is 0 Å². The first-order valence-corrected chi connectivity index (χ1v) is 9.68. The Labute approximate surface area is 187 Å². The highest BCUT2D eigenvalue weighted by atomic mass is 35.5. The number of amides is 2. The van der Waals surface area contributed by atoms with Crippen molar-refractivity contribution in [3.8, 4) is 0 Å². The van der Waals surface area contributed by atoms with E-state index in [2.05, 4.69) is 10.6 Å². The van der Waals surface area contributed by atoms with Gasteiger partial charge in [-0.05, 0) is 54.1 Å². The van der Waals surface area contributed by atoms with Gasteiger partial charge in [0.25, 0.3) is 17.5 Å². The third-order valence-corrected chi connectivity index (χ3v) is 4.69. The summed E-state index contributed by atoms with van der Waals surface area (Å²) in [6, 6.07) is 18.5. The van der Waals surface area contributed by atoms with E-state index in [9.17, 15) is 19.7 Å². The van der Waals surface area contributed by atoms with E-state index in [-0.39, 0.29) is 22.1 Å². The third kappa shape index (κ3) is 5.91. The van der Waals surface area contributed by atoms with Crippen LogP contribution < -0.4 is 10.6 Å². The van der Waals surface area contributed by atoms with Crippen molar-refractivity contribution in [2.45, 2.75) is 0 Å². The van der Waals surface area contributed by atoms with Crippen molar-refractivity contribution < 1.29 is 14.5 Å². The van der Waals surface area contributed by atoms with E-state index < -0.39 is 16.7 Å². The summed E-state index contributed by atoms with van der Waals surface area (Å²) in [5, 5.41) is 16.7. The predicted molar refractivity (Wildman–Crippen MR) is 120 cm³/mol. The minimum absolute atomic E-state index is 0.0845. The van der Waals surface area contributed by atoms with Gasteiger partial charge in [0.2, 0.25) is 0 Å². The van der Waals surface area contributed by atoms with Crippen molar-refractivity contribution in [2.24, 2.45) is 0 Å². The number of rotatable bonds is 6. The number of halogens is 2. The van der Waals surface area contributed by atoms with E-state index in [1.165, 1.54) is 42.5 Å². The first-order chi connectivity index (χ1) is 14.8. The highest BCUT2D eigenvalue weighted by molar-refractivity contribution is 6.36. The van der Waals surface area contributed by atoms with Gasteiger partial charge in [0.1, 0.15) is 5.70 Å². The molecule has 0 saturated heterocycles. The first kappa shape index (κ1) is 22.0. The Hall–Kier alpha value is -3.68. The second-order valence-electron chi connectivity index (χ2n) is 6.31. The lowest BCUT2D eigenvalue weighted by Crippen LogP contribution is -2.30. The molecule has 9 heteroatoms. The largest absolute Gasteiger partial charge is 0.319 e. The molecule has 3 aromatic carbocycles. The van der Waals surface area contributed by atoms with Gasteiger partial charge in [0.05, 0.1) is 15.6 Å². The maximum absolute atomic E-state index is 12.9. The number of nitro groups is 1. The summed E-state index contributed by atoms with van der Waals surface area (Å²) in [6.07, 6.45) is 1.40. The van der Waals surface area contributed by atoms with Gasteiger partial charge in [-0.3, -0.25) is 19.7 Å². The number of hydrogen-bond donors (Lipinski definition) is 2. The second-order valence-corrected chi connectivity index (χ2v) is 7.15. The molecule has 0 aliphatic carbocycles. The maximum Gasteiger partial charge on any atom is 0.272 e. The van der Waals surface area contributed by atoms with E-state index in [4.69, 9.17) is 23.2 Å². The molecular formula is C22H15Cl2N3O4. The Balaban J connectivity index is 1.92. The fraction of sp³-hybridized carbons (Fsp3) is 0. The SMILES string of the molecule is O=C(Nc1cc(Cl)ccc1Cl)/C(=C/c1ccc([N+](=O)[O-])cc1)NC(=O)c1ccccc1. The standard InChI is InChI=1S/C22H15Cl2N3O4/c23-16-8-11-18(24)19(13-16)25-22(29)20(26-21(28)15-4-2-1-3-5-15)12-14-6-9-17(10-7-14)27(30)31/h1-13H,(H,25,29)(H,26,28)/b20-12-. The van der Waals surface area contributed by atoms with Crippen LogP contribution in [0.15, 0.2) is 78.5 Å². The molecule has 0 bridgehead atoms. The average Bonchev–Trinajstić information content (AvgIpc) is 2.76. The lowest BCUT2D eigenvalue weighted by molar-refractivity contribution is -0.384. The van der Waals surface area contributed by atoms with Gasteiger partial charge in [-0.1, -0.05) is 41.4 Å². The van der Waals surface area contributed by atoms with Crippen LogP contribution in [0, 0.1) is 10.1 Å². The number of nitrogens with one attached hydrogen (secondary N) is 2. The highest BCUT2D eigenvalue weighted by Gasteiger charge is 2.16. The Morgan fingerprint density at radius 3 is 2.26 bits per heavy atom. The number of carbonyl (C=O) groups is 2. The molecule has 0 unspecified atom stereocenters. The van der Waals surface area contributed by atoms with Crippen molar-refractivity contribution in [2.75, 3.05) is 5.32 Å². The molecule has 31 heavy (non-hydrogen) atoms. The van der Waals surface area contributed by atoms with Crippen LogP contribution in [0.25, 0.3) is 6.08 Å². The minimum Gasteiger partial charge on any atom is -0.319 e. The predicted octanol–water partition coefficient (Wildman–Crippen LogP) is 5.31. The second kappa shape index (κ2) is 9.88. The summed E-state index contributed by atoms with van der Waals surface area (Å²) >= 11 is 12.1. The van der Waals surface area contributed by atoms with Crippen molar-refractivity contribution >= 4 is 52.5 Å². The monoisotopic (exact) mass is 455 g/mol. The van der Waals surface area contributed by atoms with Crippen LogP contribution in [-0.2, 0) is 4.79 Å². The summed E-state index contributed by atoms with van der Waals surface area (Å²) in [5.74, 6) is -1.15. The molecule has 2 N–H and O–H groups in total. The molecule has 7 nitrogen and oxygen atoms in total. The van der Waals surface area contributed by atoms with E-state index in [1.54, 1.807) is 36.4 Å². The van der Waals surface area contributed by atoms with Crippen LogP contribution in [0.1, 0.15) is 15.9 Å². The van der Waals surface area contributed by atoms with Gasteiger partial charge in [0, 0.05) is 22.7 Å². The topological polar surface area (TPSA) is 101 Å². The minimum atomic E-state index is -0.646. The number of hydrogen-bond acceptors (Lipinski definition) is 4. The van der Waals surface area contributed by atoms with Gasteiger partial charge in [-0.15, -0.1) is 0 Å².